The molecule has 0 bridgehead atoms. The summed E-state index contributed by atoms with van der Waals surface area (Å²) in [4.78, 5) is 2.70. The van der Waals surface area contributed by atoms with E-state index in [4.69, 9.17) is 0 Å². The molecule has 1 aliphatic carbocycles. The normalized spacial score (nSPS) is 35.6. The summed E-state index contributed by atoms with van der Waals surface area (Å²) in [6.45, 7) is 8.46. The van der Waals surface area contributed by atoms with Crippen LogP contribution in [0.1, 0.15) is 39.5 Å². The lowest BCUT2D eigenvalue weighted by Gasteiger charge is -2.42. The monoisotopic (exact) mass is 196 g/mol. The highest BCUT2D eigenvalue weighted by Crippen LogP contribution is 2.28. The lowest BCUT2D eigenvalue weighted by atomic mass is 9.84. The molecule has 0 aromatic rings. The van der Waals surface area contributed by atoms with Crippen LogP contribution in [0.2, 0.25) is 0 Å². The van der Waals surface area contributed by atoms with Crippen molar-refractivity contribution in [2.24, 2.45) is 5.92 Å². The van der Waals surface area contributed by atoms with E-state index in [1.807, 2.05) is 0 Å². The van der Waals surface area contributed by atoms with Crippen molar-refractivity contribution in [3.8, 4) is 0 Å². The van der Waals surface area contributed by atoms with Crippen LogP contribution >= 0.6 is 0 Å². The highest BCUT2D eigenvalue weighted by molar-refractivity contribution is 4.85. The quantitative estimate of drug-likeness (QED) is 0.741. The minimum absolute atomic E-state index is 0.742. The van der Waals surface area contributed by atoms with Crippen LogP contribution in [-0.4, -0.2) is 36.6 Å². The Morgan fingerprint density at radius 2 is 2.14 bits per heavy atom. The van der Waals surface area contributed by atoms with Crippen molar-refractivity contribution in [3.63, 3.8) is 0 Å². The van der Waals surface area contributed by atoms with Gasteiger partial charge in [0, 0.05) is 31.7 Å². The van der Waals surface area contributed by atoms with Gasteiger partial charge in [-0.05, 0) is 32.1 Å². The third kappa shape index (κ3) is 2.29. The van der Waals surface area contributed by atoms with Gasteiger partial charge in [-0.15, -0.1) is 0 Å². The third-order valence-corrected chi connectivity index (χ3v) is 3.99. The fourth-order valence-electron chi connectivity index (χ4n) is 2.53. The second-order valence-electron chi connectivity index (χ2n) is 5.11. The van der Waals surface area contributed by atoms with Gasteiger partial charge in [-0.2, -0.15) is 0 Å². The maximum Gasteiger partial charge on any atom is 0.0193 e. The molecule has 1 aliphatic heterocycles. The SMILES string of the molecule is CCC1CN(CC2CCC2)C(C)CN1. The Labute approximate surface area is 88.1 Å². The summed E-state index contributed by atoms with van der Waals surface area (Å²) in [5.74, 6) is 1.02. The van der Waals surface area contributed by atoms with Crippen LogP contribution in [0, 0.1) is 5.92 Å². The largest absolute Gasteiger partial charge is 0.311 e. The lowest BCUT2D eigenvalue weighted by molar-refractivity contribution is 0.0961. The van der Waals surface area contributed by atoms with E-state index >= 15 is 0 Å². The third-order valence-electron chi connectivity index (χ3n) is 3.99. The van der Waals surface area contributed by atoms with Crippen molar-refractivity contribution < 1.29 is 0 Å². The van der Waals surface area contributed by atoms with E-state index in [0.717, 1.165) is 18.0 Å². The lowest BCUT2D eigenvalue weighted by Crippen LogP contribution is -2.56. The minimum Gasteiger partial charge on any atom is -0.311 e. The number of hydrogen-bond donors (Lipinski definition) is 1. The summed E-state index contributed by atoms with van der Waals surface area (Å²) < 4.78 is 0. The molecule has 0 amide bonds. The standard InChI is InChI=1S/C12H24N2/c1-3-12-9-14(10(2)7-13-12)8-11-5-4-6-11/h10-13H,3-9H2,1-2H3. The molecule has 2 rings (SSSR count). The van der Waals surface area contributed by atoms with Crippen molar-refractivity contribution in [2.75, 3.05) is 19.6 Å². The summed E-state index contributed by atoms with van der Waals surface area (Å²) in [5.41, 5.74) is 0. The second kappa shape index (κ2) is 4.63. The maximum atomic E-state index is 3.62. The number of piperazine rings is 1. The molecule has 1 saturated heterocycles. The maximum absolute atomic E-state index is 3.62. The summed E-state index contributed by atoms with van der Waals surface area (Å²) in [5, 5.41) is 3.62. The summed E-state index contributed by atoms with van der Waals surface area (Å²) in [6.07, 6.45) is 5.71. The van der Waals surface area contributed by atoms with Gasteiger partial charge in [0.05, 0.1) is 0 Å². The van der Waals surface area contributed by atoms with E-state index in [9.17, 15) is 0 Å². The molecule has 14 heavy (non-hydrogen) atoms. The number of hydrogen-bond acceptors (Lipinski definition) is 2. The van der Waals surface area contributed by atoms with Crippen LogP contribution in [0.4, 0.5) is 0 Å². The van der Waals surface area contributed by atoms with Gasteiger partial charge in [0.25, 0.3) is 0 Å². The molecular weight excluding hydrogens is 172 g/mol. The average molecular weight is 196 g/mol. The Kier molecular flexibility index (Phi) is 3.45. The second-order valence-corrected chi connectivity index (χ2v) is 5.11. The number of nitrogens with zero attached hydrogens (tertiary/aromatic N) is 1. The Morgan fingerprint density at radius 1 is 1.36 bits per heavy atom. The van der Waals surface area contributed by atoms with Crippen LogP contribution in [0.3, 0.4) is 0 Å². The Hall–Kier alpha value is -0.0800. The summed E-state index contributed by atoms with van der Waals surface area (Å²) >= 11 is 0. The predicted octanol–water partition coefficient (Wildman–Crippen LogP) is 1.86. The van der Waals surface area contributed by atoms with Crippen molar-refractivity contribution >= 4 is 0 Å². The highest BCUT2D eigenvalue weighted by atomic mass is 15.2. The van der Waals surface area contributed by atoms with Gasteiger partial charge in [0.1, 0.15) is 0 Å². The minimum atomic E-state index is 0.742. The molecule has 1 heterocycles. The first kappa shape index (κ1) is 10.4. The van der Waals surface area contributed by atoms with E-state index in [1.54, 1.807) is 0 Å². The first-order chi connectivity index (χ1) is 6.79. The topological polar surface area (TPSA) is 15.3 Å². The molecule has 2 aliphatic rings. The molecule has 0 radical (unpaired) electrons. The summed E-state index contributed by atoms with van der Waals surface area (Å²) in [6, 6.07) is 1.49. The van der Waals surface area contributed by atoms with Crippen LogP contribution in [0.5, 0.6) is 0 Å². The van der Waals surface area contributed by atoms with Gasteiger partial charge in [-0.1, -0.05) is 13.3 Å². The fraction of sp³-hybridized carbons (Fsp3) is 1.00. The molecule has 2 nitrogen and oxygen atoms in total. The molecule has 2 fully saturated rings. The molecule has 0 aromatic heterocycles. The molecule has 2 heteroatoms. The molecule has 0 spiro atoms. The number of rotatable bonds is 3. The van der Waals surface area contributed by atoms with E-state index in [-0.39, 0.29) is 0 Å². The van der Waals surface area contributed by atoms with E-state index in [2.05, 4.69) is 24.1 Å². The molecule has 0 aromatic carbocycles. The van der Waals surface area contributed by atoms with Gasteiger partial charge < -0.3 is 5.32 Å². The van der Waals surface area contributed by atoms with Gasteiger partial charge >= 0.3 is 0 Å². The molecule has 2 unspecified atom stereocenters. The molecule has 1 N–H and O–H groups in total. The van der Waals surface area contributed by atoms with E-state index in [0.29, 0.717) is 0 Å². The Bertz CT molecular complexity index is 175. The zero-order valence-corrected chi connectivity index (χ0v) is 9.63. The number of nitrogens with one attached hydrogen (secondary N) is 1. The first-order valence-corrected chi connectivity index (χ1v) is 6.27. The van der Waals surface area contributed by atoms with E-state index < -0.39 is 0 Å². The molecule has 82 valence electrons. The van der Waals surface area contributed by atoms with Crippen LogP contribution in [0.25, 0.3) is 0 Å². The van der Waals surface area contributed by atoms with Gasteiger partial charge in [-0.25, -0.2) is 0 Å². The molecule has 1 saturated carbocycles. The Balaban J connectivity index is 1.80. The summed E-state index contributed by atoms with van der Waals surface area (Å²) in [7, 11) is 0. The van der Waals surface area contributed by atoms with Crippen molar-refractivity contribution in [3.05, 3.63) is 0 Å². The Morgan fingerprint density at radius 3 is 2.71 bits per heavy atom. The average Bonchev–Trinajstić information content (AvgIpc) is 2.14. The van der Waals surface area contributed by atoms with Gasteiger partial charge in [-0.3, -0.25) is 4.90 Å². The van der Waals surface area contributed by atoms with Crippen molar-refractivity contribution in [2.45, 2.75) is 51.6 Å². The van der Waals surface area contributed by atoms with Gasteiger partial charge in [0.15, 0.2) is 0 Å². The predicted molar refractivity (Wildman–Crippen MR) is 60.5 cm³/mol. The van der Waals surface area contributed by atoms with Gasteiger partial charge in [0.2, 0.25) is 0 Å². The van der Waals surface area contributed by atoms with Crippen LogP contribution in [0.15, 0.2) is 0 Å². The van der Waals surface area contributed by atoms with Crippen LogP contribution < -0.4 is 5.32 Å². The zero-order valence-electron chi connectivity index (χ0n) is 9.63. The fourth-order valence-corrected chi connectivity index (χ4v) is 2.53. The molecular formula is C12H24N2. The zero-order chi connectivity index (χ0) is 9.97. The molecule has 2 atom stereocenters. The highest BCUT2D eigenvalue weighted by Gasteiger charge is 2.27. The van der Waals surface area contributed by atoms with E-state index in [1.165, 1.54) is 45.3 Å². The van der Waals surface area contributed by atoms with Crippen molar-refractivity contribution in [1.29, 1.82) is 0 Å². The van der Waals surface area contributed by atoms with Crippen LogP contribution in [-0.2, 0) is 0 Å². The van der Waals surface area contributed by atoms with Crippen molar-refractivity contribution in [1.82, 2.24) is 10.2 Å². The first-order valence-electron chi connectivity index (χ1n) is 6.27. The smallest absolute Gasteiger partial charge is 0.0193 e.